The normalized spacial score (nSPS) is 11.1. The van der Waals surface area contributed by atoms with Gasteiger partial charge in [-0.2, -0.15) is 0 Å². The number of hydrogen-bond donors (Lipinski definition) is 0. The first-order chi connectivity index (χ1) is 19.3. The molecule has 39 heavy (non-hydrogen) atoms. The number of aromatic nitrogens is 3. The first-order valence-electron chi connectivity index (χ1n) is 12.7. The van der Waals surface area contributed by atoms with Gasteiger partial charge in [0.15, 0.2) is 0 Å². The van der Waals surface area contributed by atoms with Gasteiger partial charge in [0.05, 0.1) is 0 Å². The summed E-state index contributed by atoms with van der Waals surface area (Å²) in [5.41, 5.74) is 7.52. The first-order valence-corrected chi connectivity index (χ1v) is 16.2. The van der Waals surface area contributed by atoms with Gasteiger partial charge in [-0.15, -0.1) is 0 Å². The van der Waals surface area contributed by atoms with Crippen LogP contribution in [0.5, 0.6) is 0 Å². The van der Waals surface area contributed by atoms with E-state index in [2.05, 4.69) is 110 Å². The van der Waals surface area contributed by atoms with Crippen molar-refractivity contribution in [2.75, 3.05) is 0 Å². The van der Waals surface area contributed by atoms with Crippen LogP contribution >= 0.6 is 0 Å². The molecule has 0 N–H and O–H groups in total. The fraction of sp³-hybridized carbons (Fsp3) is 0. The topological polar surface area (TPSA) is 38.7 Å². The average molecular weight is 681 g/mol. The molecule has 0 fully saturated rings. The number of nitrogens with zero attached hydrogens (tertiary/aromatic N) is 3. The molecule has 0 radical (unpaired) electrons. The van der Waals surface area contributed by atoms with E-state index in [1.807, 2.05) is 42.9 Å². The molecule has 190 valence electrons. The van der Waals surface area contributed by atoms with Crippen molar-refractivity contribution in [3.63, 3.8) is 0 Å². The predicted octanol–water partition coefficient (Wildman–Crippen LogP) is 6.41. The molecule has 3 nitrogen and oxygen atoms in total. The van der Waals surface area contributed by atoms with Crippen LogP contribution in [0.4, 0.5) is 0 Å². The quantitative estimate of drug-likeness (QED) is 0.196. The molecule has 3 aromatic heterocycles. The SMILES string of the molecule is C=Cc1ccc(-c2ccccn2)[c]([Ir]([c]2ccccc2-c2ccccn2)[c]2ccccc2-c2ccccn2)c1. The van der Waals surface area contributed by atoms with Crippen LogP contribution in [0, 0.1) is 0 Å². The van der Waals surface area contributed by atoms with E-state index >= 15 is 0 Å². The molecule has 0 saturated carbocycles. The Bertz CT molecular complexity index is 1640. The second-order valence-corrected chi connectivity index (χ2v) is 14.4. The molecule has 4 heteroatoms. The van der Waals surface area contributed by atoms with E-state index in [4.69, 9.17) is 15.0 Å². The summed E-state index contributed by atoms with van der Waals surface area (Å²) >= 11 is -2.55. The van der Waals surface area contributed by atoms with Gasteiger partial charge >= 0.3 is 236 Å². The van der Waals surface area contributed by atoms with Crippen LogP contribution in [-0.2, 0) is 16.5 Å². The van der Waals surface area contributed by atoms with Crippen molar-refractivity contribution < 1.29 is 16.5 Å². The van der Waals surface area contributed by atoms with Crippen LogP contribution in [0.1, 0.15) is 5.56 Å². The van der Waals surface area contributed by atoms with Gasteiger partial charge in [-0.3, -0.25) is 0 Å². The van der Waals surface area contributed by atoms with Crippen LogP contribution in [0.2, 0.25) is 0 Å². The first kappa shape index (κ1) is 24.8. The van der Waals surface area contributed by atoms with Crippen LogP contribution in [-0.4, -0.2) is 15.0 Å². The van der Waals surface area contributed by atoms with Gasteiger partial charge in [-0.05, 0) is 0 Å². The van der Waals surface area contributed by atoms with Gasteiger partial charge in [0.2, 0.25) is 0 Å². The van der Waals surface area contributed by atoms with Crippen molar-refractivity contribution in [1.82, 2.24) is 15.0 Å². The van der Waals surface area contributed by atoms with Gasteiger partial charge < -0.3 is 0 Å². The van der Waals surface area contributed by atoms with Crippen LogP contribution in [0.3, 0.4) is 0 Å². The van der Waals surface area contributed by atoms with Crippen molar-refractivity contribution >= 4 is 18.3 Å². The summed E-state index contributed by atoms with van der Waals surface area (Å²) in [7, 11) is 0. The maximum absolute atomic E-state index is 4.77. The van der Waals surface area contributed by atoms with E-state index in [1.54, 1.807) is 0 Å². The zero-order chi connectivity index (χ0) is 26.4. The zero-order valence-electron chi connectivity index (χ0n) is 21.2. The second-order valence-electron chi connectivity index (χ2n) is 8.73. The van der Waals surface area contributed by atoms with Gasteiger partial charge in [0.1, 0.15) is 0 Å². The van der Waals surface area contributed by atoms with E-state index in [0.29, 0.717) is 0 Å². The van der Waals surface area contributed by atoms with Crippen molar-refractivity contribution in [2.24, 2.45) is 0 Å². The molecule has 0 amide bonds. The van der Waals surface area contributed by atoms with E-state index in [0.717, 1.165) is 28.2 Å². The molecule has 0 aliphatic heterocycles. The molecular weight excluding hydrogens is 655 g/mol. The number of pyridine rings is 3. The van der Waals surface area contributed by atoms with Crippen LogP contribution in [0.15, 0.2) is 146 Å². The molecule has 0 unspecified atom stereocenters. The van der Waals surface area contributed by atoms with E-state index in [9.17, 15) is 0 Å². The van der Waals surface area contributed by atoms with Gasteiger partial charge in [0.25, 0.3) is 0 Å². The molecular formula is C35H26IrN3. The Morgan fingerprint density at radius 2 is 0.897 bits per heavy atom. The second kappa shape index (κ2) is 11.5. The van der Waals surface area contributed by atoms with Crippen LogP contribution in [0.25, 0.3) is 39.8 Å². The summed E-state index contributed by atoms with van der Waals surface area (Å²) in [5, 5.41) is 0. The van der Waals surface area contributed by atoms with Crippen LogP contribution < -0.4 is 12.2 Å². The van der Waals surface area contributed by atoms with Gasteiger partial charge in [-0.1, -0.05) is 0 Å². The number of rotatable bonds is 7. The van der Waals surface area contributed by atoms with Gasteiger partial charge in [-0.25, -0.2) is 0 Å². The molecule has 6 aromatic rings. The maximum atomic E-state index is 4.77. The molecule has 0 aliphatic rings. The monoisotopic (exact) mass is 681 g/mol. The van der Waals surface area contributed by atoms with E-state index in [-0.39, 0.29) is 0 Å². The Morgan fingerprint density at radius 3 is 1.33 bits per heavy atom. The van der Waals surface area contributed by atoms with E-state index < -0.39 is 16.5 Å². The van der Waals surface area contributed by atoms with Crippen molar-refractivity contribution in [1.29, 1.82) is 0 Å². The molecule has 3 aromatic carbocycles. The Kier molecular flexibility index (Phi) is 7.31. The van der Waals surface area contributed by atoms with E-state index in [1.165, 1.54) is 23.4 Å². The summed E-state index contributed by atoms with van der Waals surface area (Å²) in [5.74, 6) is 0. The third kappa shape index (κ3) is 5.13. The predicted molar refractivity (Wildman–Crippen MR) is 158 cm³/mol. The number of hydrogen-bond acceptors (Lipinski definition) is 3. The molecule has 0 spiro atoms. The Hall–Kier alpha value is -4.50. The minimum absolute atomic E-state index is 0.971. The summed E-state index contributed by atoms with van der Waals surface area (Å²) in [6.45, 7) is 4.09. The molecule has 0 atom stereocenters. The van der Waals surface area contributed by atoms with Crippen molar-refractivity contribution in [2.45, 2.75) is 0 Å². The third-order valence-electron chi connectivity index (χ3n) is 6.28. The fourth-order valence-electron chi connectivity index (χ4n) is 4.44. The third-order valence-corrected chi connectivity index (χ3v) is 13.2. The Balaban J connectivity index is 1.70. The summed E-state index contributed by atoms with van der Waals surface area (Å²) in [6.07, 6.45) is 7.53. The summed E-state index contributed by atoms with van der Waals surface area (Å²) in [4.78, 5) is 14.3. The minimum atomic E-state index is -2.55. The van der Waals surface area contributed by atoms with Crippen molar-refractivity contribution in [3.8, 4) is 33.8 Å². The summed E-state index contributed by atoms with van der Waals surface area (Å²) < 4.78 is 3.98. The van der Waals surface area contributed by atoms with Gasteiger partial charge in [0, 0.05) is 0 Å². The Labute approximate surface area is 234 Å². The molecule has 6 rings (SSSR count). The Morgan fingerprint density at radius 1 is 0.462 bits per heavy atom. The fourth-order valence-corrected chi connectivity index (χ4v) is 12.0. The molecule has 0 bridgehead atoms. The summed E-state index contributed by atoms with van der Waals surface area (Å²) in [6, 6.07) is 42.5. The molecule has 3 heterocycles. The average Bonchev–Trinajstić information content (AvgIpc) is 3.03. The number of benzene rings is 3. The molecule has 0 aliphatic carbocycles. The van der Waals surface area contributed by atoms with Crippen molar-refractivity contribution in [3.05, 3.63) is 152 Å². The molecule has 0 saturated heterocycles. The standard InChI is InChI=1S/C13H10N.2C11H8N.Ir/c1-2-11-6-8-12(9-7-11)13-5-3-4-10-14-13;2*1-2-6-10(7-3-1)11-8-4-5-9-12-11;/h2-8,10H,1H2;2*1-6,8-9H;. The zero-order valence-corrected chi connectivity index (χ0v) is 23.6.